The second-order valence-corrected chi connectivity index (χ2v) is 16.4. The van der Waals surface area contributed by atoms with Crippen LogP contribution in [0.4, 0.5) is 0 Å². The number of aliphatic hydroxyl groups excluding tert-OH is 3. The lowest BCUT2D eigenvalue weighted by Crippen LogP contribution is -2.66. The van der Waals surface area contributed by atoms with Gasteiger partial charge in [0.05, 0.1) is 43.0 Å². The normalized spacial score (nSPS) is 42.4. The van der Waals surface area contributed by atoms with Gasteiger partial charge in [0.2, 0.25) is 0 Å². The van der Waals surface area contributed by atoms with Gasteiger partial charge in [0.25, 0.3) is 0 Å². The number of allylic oxidation sites excluding steroid dienone is 2. The molecule has 2 fully saturated rings. The fraction of sp³-hybridized carbons (Fsp3) is 0.825. The third-order valence-electron chi connectivity index (χ3n) is 10.6. The predicted octanol–water partition coefficient (Wildman–Crippen LogP) is 2.44. The SMILES string of the molecule is CO[C@@H]1[C@@H](O[C@@H]2O[C@H](C)[C@@H](O[C@H]3C[C@@](C)(O)[C@@H](OC(=O)CC(C)C)[C@H](C)O3)[C@@H](N(C)C)[C@H]2O)[C@@H](CC=O)C[C@@H](C)[C@@H](O)/C=C/C=C/C[C@@H](C)OC(=O)C[C@H]1O. The van der Waals surface area contributed by atoms with E-state index in [1.54, 1.807) is 64.9 Å². The number of ether oxygens (including phenoxy) is 7. The molecule has 16 atom stereocenters. The van der Waals surface area contributed by atoms with Gasteiger partial charge in [-0.15, -0.1) is 0 Å². The van der Waals surface area contributed by atoms with Crippen LogP contribution >= 0.6 is 0 Å². The highest BCUT2D eigenvalue weighted by Gasteiger charge is 2.52. The zero-order valence-electron chi connectivity index (χ0n) is 34.2. The van der Waals surface area contributed by atoms with Gasteiger partial charge < -0.3 is 63.3 Å². The second-order valence-electron chi connectivity index (χ2n) is 16.4. The zero-order valence-corrected chi connectivity index (χ0v) is 34.2. The van der Waals surface area contributed by atoms with E-state index in [-0.39, 0.29) is 37.5 Å². The number of esters is 2. The molecule has 0 amide bonds. The van der Waals surface area contributed by atoms with Gasteiger partial charge in [-0.25, -0.2) is 0 Å². The Morgan fingerprint density at radius 3 is 2.33 bits per heavy atom. The standard InChI is InChI=1S/C40H67NO14/c1-22(2)18-30(45)53-38-26(6)51-32(21-40(38,7)48)54-35-25(5)52-39(34(47)33(35)41(8)9)55-36-27(16-17-42)19-23(3)28(43)15-13-11-12-14-24(4)50-31(46)20-29(44)37(36)49-10/h11-13,15,17,22-29,32-39,43-44,47-48H,14,16,18-21H2,1-10H3/b12-11+,15-13+/t23-,24-,25-,26+,27+,28+,29-,32+,33+,34-,35-,36+,37+,38+,39+,40-/m1/s1. The van der Waals surface area contributed by atoms with Crippen molar-refractivity contribution in [1.29, 1.82) is 0 Å². The minimum absolute atomic E-state index is 0.0318. The number of carbonyl (C=O) groups is 3. The molecule has 0 aromatic heterocycles. The van der Waals surface area contributed by atoms with E-state index in [1.165, 1.54) is 7.11 Å². The molecule has 0 aromatic carbocycles. The van der Waals surface area contributed by atoms with E-state index in [9.17, 15) is 34.8 Å². The number of cyclic esters (lactones) is 1. The summed E-state index contributed by atoms with van der Waals surface area (Å²) in [6.45, 7) is 12.4. The van der Waals surface area contributed by atoms with Gasteiger partial charge in [-0.05, 0) is 66.0 Å². The molecular weight excluding hydrogens is 718 g/mol. The number of likely N-dealkylation sites (N-methyl/N-ethyl adjacent to an activating group) is 1. The number of methoxy groups -OCH3 is 1. The molecule has 0 aliphatic carbocycles. The van der Waals surface area contributed by atoms with Crippen molar-refractivity contribution in [1.82, 2.24) is 4.90 Å². The van der Waals surface area contributed by atoms with Crippen molar-refractivity contribution in [2.24, 2.45) is 17.8 Å². The first-order valence-corrected chi connectivity index (χ1v) is 19.5. The number of nitrogens with zero attached hydrogens (tertiary/aromatic N) is 1. The monoisotopic (exact) mass is 785 g/mol. The molecule has 15 nitrogen and oxygen atoms in total. The van der Waals surface area contributed by atoms with Gasteiger partial charge in [0.1, 0.15) is 36.3 Å². The van der Waals surface area contributed by atoms with Crippen LogP contribution in [0.25, 0.3) is 0 Å². The number of aldehydes is 1. The average molecular weight is 786 g/mol. The van der Waals surface area contributed by atoms with Crippen LogP contribution in [0, 0.1) is 17.8 Å². The van der Waals surface area contributed by atoms with E-state index in [1.807, 2.05) is 26.8 Å². The van der Waals surface area contributed by atoms with Crippen LogP contribution in [0.15, 0.2) is 24.3 Å². The third kappa shape index (κ3) is 13.4. The van der Waals surface area contributed by atoms with Crippen LogP contribution in [0.2, 0.25) is 0 Å². The number of hydrogen-bond donors (Lipinski definition) is 4. The molecule has 3 aliphatic rings. The first kappa shape index (κ1) is 47.1. The largest absolute Gasteiger partial charge is 0.462 e. The molecule has 0 aromatic rings. The molecule has 316 valence electrons. The molecule has 55 heavy (non-hydrogen) atoms. The lowest BCUT2D eigenvalue weighted by molar-refractivity contribution is -0.344. The van der Waals surface area contributed by atoms with Crippen molar-refractivity contribution >= 4 is 18.2 Å². The fourth-order valence-corrected chi connectivity index (χ4v) is 7.78. The fourth-order valence-electron chi connectivity index (χ4n) is 7.78. The van der Waals surface area contributed by atoms with Crippen molar-refractivity contribution in [3.8, 4) is 0 Å². The van der Waals surface area contributed by atoms with Crippen LogP contribution in [0.3, 0.4) is 0 Å². The van der Waals surface area contributed by atoms with Crippen molar-refractivity contribution in [3.63, 3.8) is 0 Å². The first-order valence-electron chi connectivity index (χ1n) is 19.5. The van der Waals surface area contributed by atoms with Gasteiger partial charge in [-0.1, -0.05) is 45.1 Å². The minimum atomic E-state index is -1.49. The second kappa shape index (κ2) is 21.4. The van der Waals surface area contributed by atoms with Crippen LogP contribution in [0.5, 0.6) is 0 Å². The molecule has 0 bridgehead atoms. The minimum Gasteiger partial charge on any atom is -0.462 e. The van der Waals surface area contributed by atoms with Gasteiger partial charge in [0, 0.05) is 32.8 Å². The number of hydrogen-bond acceptors (Lipinski definition) is 15. The Labute approximate surface area is 326 Å². The van der Waals surface area contributed by atoms with Gasteiger partial charge in [0.15, 0.2) is 18.7 Å². The van der Waals surface area contributed by atoms with Crippen molar-refractivity contribution in [2.75, 3.05) is 21.2 Å². The highest BCUT2D eigenvalue weighted by Crippen LogP contribution is 2.37. The van der Waals surface area contributed by atoms with Gasteiger partial charge in [-0.3, -0.25) is 9.59 Å². The van der Waals surface area contributed by atoms with Gasteiger partial charge >= 0.3 is 11.9 Å². The molecule has 3 aliphatic heterocycles. The average Bonchev–Trinajstić information content (AvgIpc) is 3.06. The Morgan fingerprint density at radius 2 is 1.73 bits per heavy atom. The summed E-state index contributed by atoms with van der Waals surface area (Å²) >= 11 is 0. The summed E-state index contributed by atoms with van der Waals surface area (Å²) in [6, 6.07) is -0.753. The molecule has 0 unspecified atom stereocenters. The first-order chi connectivity index (χ1) is 25.8. The Bertz CT molecular complexity index is 1270. The molecule has 3 rings (SSSR count). The zero-order chi connectivity index (χ0) is 41.2. The Morgan fingerprint density at radius 1 is 1.04 bits per heavy atom. The molecule has 0 spiro atoms. The number of aliphatic hydroxyl groups is 4. The summed E-state index contributed by atoms with van der Waals surface area (Å²) in [5.74, 6) is -2.03. The Balaban J connectivity index is 1.90. The molecule has 4 N–H and O–H groups in total. The summed E-state index contributed by atoms with van der Waals surface area (Å²) in [4.78, 5) is 39.3. The summed E-state index contributed by atoms with van der Waals surface area (Å²) in [5.41, 5.74) is -1.49. The number of rotatable bonds is 11. The summed E-state index contributed by atoms with van der Waals surface area (Å²) in [5, 5.41) is 45.8. The predicted molar refractivity (Wildman–Crippen MR) is 200 cm³/mol. The van der Waals surface area contributed by atoms with Crippen LogP contribution in [-0.4, -0.2) is 150 Å². The quantitative estimate of drug-likeness (QED) is 0.176. The summed E-state index contributed by atoms with van der Waals surface area (Å²) < 4.78 is 42.4. The lowest BCUT2D eigenvalue weighted by atomic mass is 9.82. The van der Waals surface area contributed by atoms with E-state index in [0.29, 0.717) is 6.42 Å². The maximum Gasteiger partial charge on any atom is 0.308 e. The Hall–Kier alpha value is -2.31. The third-order valence-corrected chi connectivity index (χ3v) is 10.6. The van der Waals surface area contributed by atoms with Crippen molar-refractivity contribution in [3.05, 3.63) is 24.3 Å². The maximum atomic E-state index is 12.9. The van der Waals surface area contributed by atoms with Crippen molar-refractivity contribution < 1.29 is 68.0 Å². The van der Waals surface area contributed by atoms with E-state index in [0.717, 1.165) is 6.29 Å². The highest BCUT2D eigenvalue weighted by atomic mass is 16.7. The van der Waals surface area contributed by atoms with Crippen molar-refractivity contribution in [2.45, 2.75) is 172 Å². The van der Waals surface area contributed by atoms with Crippen LogP contribution in [-0.2, 0) is 47.5 Å². The Kier molecular flexibility index (Phi) is 18.4. The van der Waals surface area contributed by atoms with E-state index < -0.39 is 110 Å². The lowest BCUT2D eigenvalue weighted by Gasteiger charge is -2.50. The van der Waals surface area contributed by atoms with Crippen LogP contribution < -0.4 is 0 Å². The van der Waals surface area contributed by atoms with E-state index >= 15 is 0 Å². The highest BCUT2D eigenvalue weighted by molar-refractivity contribution is 5.70. The molecule has 0 saturated carbocycles. The van der Waals surface area contributed by atoms with E-state index in [4.69, 9.17) is 33.2 Å². The summed E-state index contributed by atoms with van der Waals surface area (Å²) in [6.07, 6.45) is -3.92. The number of carbonyl (C=O) groups excluding carboxylic acids is 3. The van der Waals surface area contributed by atoms with Crippen LogP contribution in [0.1, 0.15) is 87.0 Å². The molecule has 0 radical (unpaired) electrons. The maximum absolute atomic E-state index is 12.9. The smallest absolute Gasteiger partial charge is 0.308 e. The molecular formula is C40H67NO14. The summed E-state index contributed by atoms with van der Waals surface area (Å²) in [7, 11) is 4.86. The topological polar surface area (TPSA) is 200 Å². The van der Waals surface area contributed by atoms with E-state index in [2.05, 4.69) is 0 Å². The molecule has 3 heterocycles. The molecule has 15 heteroatoms. The van der Waals surface area contributed by atoms with Gasteiger partial charge in [-0.2, -0.15) is 0 Å². The molecule has 2 saturated heterocycles.